The molecule has 0 spiro atoms. The molecule has 0 aromatic carbocycles. The molecule has 0 bridgehead atoms. The van der Waals surface area contributed by atoms with Crippen LogP contribution in [0, 0.1) is 11.3 Å². The van der Waals surface area contributed by atoms with E-state index in [-0.39, 0.29) is 0 Å². The molecule has 18 heavy (non-hydrogen) atoms. The van der Waals surface area contributed by atoms with Gasteiger partial charge in [0.05, 0.1) is 13.2 Å². The van der Waals surface area contributed by atoms with Crippen LogP contribution in [-0.4, -0.2) is 50.8 Å². The van der Waals surface area contributed by atoms with Gasteiger partial charge in [0.2, 0.25) is 0 Å². The summed E-state index contributed by atoms with van der Waals surface area (Å²) in [6, 6.07) is 0. The minimum atomic E-state index is 0.561. The fourth-order valence-electron chi connectivity index (χ4n) is 3.98. The highest BCUT2D eigenvalue weighted by Crippen LogP contribution is 2.46. The Kier molecular flexibility index (Phi) is 4.22. The molecule has 0 atom stereocenters. The Bertz CT molecular complexity index is 253. The first kappa shape index (κ1) is 12.9. The molecule has 3 nitrogen and oxygen atoms in total. The molecule has 1 saturated carbocycles. The second-order valence-electron chi connectivity index (χ2n) is 6.53. The summed E-state index contributed by atoms with van der Waals surface area (Å²) in [4.78, 5) is 2.64. The third-order valence-electron chi connectivity index (χ3n) is 5.39. The fourth-order valence-corrected chi connectivity index (χ4v) is 3.98. The summed E-state index contributed by atoms with van der Waals surface area (Å²) in [6.07, 6.45) is 8.68. The molecule has 0 unspecified atom stereocenters. The van der Waals surface area contributed by atoms with Gasteiger partial charge in [-0.05, 0) is 31.7 Å². The van der Waals surface area contributed by atoms with Crippen molar-refractivity contribution >= 4 is 0 Å². The lowest BCUT2D eigenvalue weighted by atomic mass is 9.65. The molecular weight excluding hydrogens is 224 g/mol. The van der Waals surface area contributed by atoms with Crippen LogP contribution in [0.15, 0.2) is 0 Å². The normalized spacial score (nSPS) is 30.0. The zero-order chi connectivity index (χ0) is 12.3. The molecule has 2 heterocycles. The number of hydrogen-bond acceptors (Lipinski definition) is 3. The van der Waals surface area contributed by atoms with Crippen molar-refractivity contribution in [1.29, 1.82) is 0 Å². The topological polar surface area (TPSA) is 24.5 Å². The largest absolute Gasteiger partial charge is 0.380 e. The van der Waals surface area contributed by atoms with Crippen molar-refractivity contribution < 1.29 is 4.74 Å². The van der Waals surface area contributed by atoms with E-state index < -0.39 is 0 Å². The van der Waals surface area contributed by atoms with Crippen molar-refractivity contribution in [1.82, 2.24) is 10.2 Å². The Balaban J connectivity index is 1.51. The van der Waals surface area contributed by atoms with Crippen LogP contribution in [-0.2, 0) is 4.74 Å². The number of nitrogens with zero attached hydrogens (tertiary/aromatic N) is 1. The predicted molar refractivity (Wildman–Crippen MR) is 73.8 cm³/mol. The first-order chi connectivity index (χ1) is 8.89. The molecule has 3 rings (SSSR count). The third kappa shape index (κ3) is 2.73. The second kappa shape index (κ2) is 5.89. The Morgan fingerprint density at radius 2 is 1.78 bits per heavy atom. The lowest BCUT2D eigenvalue weighted by Gasteiger charge is -2.49. The van der Waals surface area contributed by atoms with Crippen LogP contribution in [0.25, 0.3) is 0 Å². The number of hydrogen-bond donors (Lipinski definition) is 1. The molecule has 2 aliphatic heterocycles. The van der Waals surface area contributed by atoms with Gasteiger partial charge in [0.15, 0.2) is 0 Å². The van der Waals surface area contributed by atoms with Gasteiger partial charge >= 0.3 is 0 Å². The maximum Gasteiger partial charge on any atom is 0.0547 e. The van der Waals surface area contributed by atoms with Crippen LogP contribution >= 0.6 is 0 Å². The quantitative estimate of drug-likeness (QED) is 0.827. The first-order valence-corrected chi connectivity index (χ1v) is 7.90. The number of ether oxygens (including phenoxy) is 1. The summed E-state index contributed by atoms with van der Waals surface area (Å²) in [7, 11) is 0. The van der Waals surface area contributed by atoms with E-state index >= 15 is 0 Å². The van der Waals surface area contributed by atoms with Gasteiger partial charge in [0, 0.05) is 31.6 Å². The number of piperazine rings is 1. The van der Waals surface area contributed by atoms with Gasteiger partial charge in [0.1, 0.15) is 0 Å². The molecule has 1 N–H and O–H groups in total. The van der Waals surface area contributed by atoms with Crippen molar-refractivity contribution in [2.24, 2.45) is 11.3 Å². The number of rotatable bonds is 4. The molecule has 3 aliphatic rings. The Morgan fingerprint density at radius 1 is 1.06 bits per heavy atom. The fraction of sp³-hybridized carbons (Fsp3) is 1.00. The van der Waals surface area contributed by atoms with E-state index in [9.17, 15) is 0 Å². The van der Waals surface area contributed by atoms with Crippen molar-refractivity contribution in [3.05, 3.63) is 0 Å². The maximum atomic E-state index is 5.60. The zero-order valence-electron chi connectivity index (χ0n) is 11.6. The summed E-state index contributed by atoms with van der Waals surface area (Å²) < 4.78 is 5.60. The van der Waals surface area contributed by atoms with Crippen molar-refractivity contribution in [3.8, 4) is 0 Å². The van der Waals surface area contributed by atoms with Crippen LogP contribution in [0.1, 0.15) is 38.5 Å². The average Bonchev–Trinajstić information content (AvgIpc) is 2.40. The van der Waals surface area contributed by atoms with Crippen molar-refractivity contribution in [2.45, 2.75) is 38.5 Å². The molecule has 0 amide bonds. The molecule has 0 aromatic heterocycles. The van der Waals surface area contributed by atoms with E-state index in [4.69, 9.17) is 4.74 Å². The van der Waals surface area contributed by atoms with Crippen molar-refractivity contribution in [3.63, 3.8) is 0 Å². The standard InChI is InChI=1S/C15H28N2O/c1-2-4-14(5-3-1)15(12-18-13-15)6-9-17-10-7-16-8-11-17/h14,16H,1-13H2. The Labute approximate surface area is 111 Å². The van der Waals surface area contributed by atoms with Crippen LogP contribution in [0.4, 0.5) is 0 Å². The summed E-state index contributed by atoms with van der Waals surface area (Å²) in [6.45, 7) is 8.21. The molecular formula is C15H28N2O. The lowest BCUT2D eigenvalue weighted by molar-refractivity contribution is -0.159. The monoisotopic (exact) mass is 252 g/mol. The van der Waals surface area contributed by atoms with Crippen LogP contribution < -0.4 is 5.32 Å². The van der Waals surface area contributed by atoms with E-state index in [1.165, 1.54) is 71.2 Å². The summed E-state index contributed by atoms with van der Waals surface area (Å²) in [5, 5.41) is 3.44. The highest BCUT2D eigenvalue weighted by molar-refractivity contribution is 4.93. The minimum Gasteiger partial charge on any atom is -0.380 e. The highest BCUT2D eigenvalue weighted by atomic mass is 16.5. The maximum absolute atomic E-state index is 5.60. The van der Waals surface area contributed by atoms with E-state index in [0.717, 1.165) is 19.1 Å². The summed E-state index contributed by atoms with van der Waals surface area (Å²) in [5.41, 5.74) is 0.561. The molecule has 0 radical (unpaired) electrons. The van der Waals surface area contributed by atoms with E-state index in [1.807, 2.05) is 0 Å². The van der Waals surface area contributed by atoms with Gasteiger partial charge in [-0.1, -0.05) is 19.3 Å². The molecule has 3 fully saturated rings. The van der Waals surface area contributed by atoms with Gasteiger partial charge in [-0.2, -0.15) is 0 Å². The van der Waals surface area contributed by atoms with Crippen LogP contribution in [0.3, 0.4) is 0 Å². The average molecular weight is 252 g/mol. The van der Waals surface area contributed by atoms with E-state index in [2.05, 4.69) is 10.2 Å². The highest BCUT2D eigenvalue weighted by Gasteiger charge is 2.45. The van der Waals surface area contributed by atoms with Crippen LogP contribution in [0.2, 0.25) is 0 Å². The SMILES string of the molecule is C1CCC(C2(CCN3CCNCC3)COC2)CC1. The van der Waals surface area contributed by atoms with Gasteiger partial charge in [-0.15, -0.1) is 0 Å². The molecule has 2 saturated heterocycles. The van der Waals surface area contributed by atoms with Gasteiger partial charge < -0.3 is 15.0 Å². The van der Waals surface area contributed by atoms with E-state index in [0.29, 0.717) is 5.41 Å². The second-order valence-corrected chi connectivity index (χ2v) is 6.53. The van der Waals surface area contributed by atoms with Crippen molar-refractivity contribution in [2.75, 3.05) is 45.9 Å². The molecule has 1 aliphatic carbocycles. The van der Waals surface area contributed by atoms with Crippen LogP contribution in [0.5, 0.6) is 0 Å². The van der Waals surface area contributed by atoms with E-state index in [1.54, 1.807) is 0 Å². The Hall–Kier alpha value is -0.120. The molecule has 3 heteroatoms. The third-order valence-corrected chi connectivity index (χ3v) is 5.39. The van der Waals surface area contributed by atoms with Gasteiger partial charge in [-0.3, -0.25) is 0 Å². The Morgan fingerprint density at radius 3 is 2.39 bits per heavy atom. The molecule has 104 valence electrons. The minimum absolute atomic E-state index is 0.561. The van der Waals surface area contributed by atoms with Gasteiger partial charge in [0.25, 0.3) is 0 Å². The lowest BCUT2D eigenvalue weighted by Crippen LogP contribution is -2.52. The predicted octanol–water partition coefficient (Wildman–Crippen LogP) is 1.88. The first-order valence-electron chi connectivity index (χ1n) is 7.90. The summed E-state index contributed by atoms with van der Waals surface area (Å²) in [5.74, 6) is 0.961. The molecule has 0 aromatic rings. The van der Waals surface area contributed by atoms with Gasteiger partial charge in [-0.25, -0.2) is 0 Å². The zero-order valence-corrected chi connectivity index (χ0v) is 11.6. The smallest absolute Gasteiger partial charge is 0.0547 e. The number of nitrogens with one attached hydrogen (secondary N) is 1. The summed E-state index contributed by atoms with van der Waals surface area (Å²) >= 11 is 0.